The number of aliphatic hydroxyl groups is 1. The van der Waals surface area contributed by atoms with Crippen LogP contribution in [0, 0.1) is 5.82 Å². The summed E-state index contributed by atoms with van der Waals surface area (Å²) < 4.78 is 19.8. The highest BCUT2D eigenvalue weighted by Gasteiger charge is 2.23. The molecule has 0 fully saturated rings. The van der Waals surface area contributed by atoms with Crippen LogP contribution < -0.4 is 15.4 Å². The van der Waals surface area contributed by atoms with Crippen molar-refractivity contribution >= 4 is 29.3 Å². The number of nitrogens with one attached hydrogen (secondary N) is 2. The summed E-state index contributed by atoms with van der Waals surface area (Å²) in [5, 5.41) is 24.0. The van der Waals surface area contributed by atoms with Gasteiger partial charge in [0.25, 0.3) is 5.91 Å². The largest absolute Gasteiger partial charge is 0.497 e. The maximum atomic E-state index is 13.0. The molecule has 0 spiro atoms. The number of benzene rings is 2. The van der Waals surface area contributed by atoms with Crippen LogP contribution in [0.3, 0.4) is 0 Å². The summed E-state index contributed by atoms with van der Waals surface area (Å²) in [7, 11) is 1.53. The zero-order valence-corrected chi connectivity index (χ0v) is 19.2. The van der Waals surface area contributed by atoms with Crippen molar-refractivity contribution in [2.24, 2.45) is 0 Å². The normalized spacial score (nSPS) is 11.5. The Hall–Kier alpha value is -3.70. The Morgan fingerprint density at radius 2 is 1.91 bits per heavy atom. The number of methoxy groups -OCH3 is 1. The number of hydrogen-bond acceptors (Lipinski definition) is 7. The molecule has 0 bridgehead atoms. The van der Waals surface area contributed by atoms with E-state index >= 15 is 0 Å². The number of hydrogen-bond donors (Lipinski definition) is 3. The average Bonchev–Trinajstić information content (AvgIpc) is 3.25. The highest BCUT2D eigenvalue weighted by atomic mass is 32.2. The molecule has 11 heteroatoms. The number of aliphatic hydroxyl groups excluding tert-OH is 1. The maximum absolute atomic E-state index is 13.0. The van der Waals surface area contributed by atoms with E-state index in [9.17, 15) is 19.1 Å². The molecule has 1 aromatic heterocycles. The van der Waals surface area contributed by atoms with Crippen LogP contribution in [0.2, 0.25) is 0 Å². The van der Waals surface area contributed by atoms with Crippen LogP contribution in [0.1, 0.15) is 22.2 Å². The lowest BCUT2D eigenvalue weighted by atomic mass is 10.2. The SMILES string of the molecule is C=CCn1c(SCC(=O)Nc2ccc(F)cc2)nnc1[C@@H](CO)NC(=O)c1ccc(OC)cc1. The van der Waals surface area contributed by atoms with Gasteiger partial charge in [0.1, 0.15) is 17.6 Å². The van der Waals surface area contributed by atoms with E-state index in [2.05, 4.69) is 27.4 Å². The standard InChI is InChI=1S/C23H24FN5O4S/c1-3-12-29-21(19(13-30)26-22(32)15-4-10-18(33-2)11-5-15)27-28-23(29)34-14-20(31)25-17-8-6-16(24)7-9-17/h3-11,19,30H,1,12-14H2,2H3,(H,25,31)(H,26,32)/t19-/m1/s1. The summed E-state index contributed by atoms with van der Waals surface area (Å²) >= 11 is 1.13. The maximum Gasteiger partial charge on any atom is 0.251 e. The summed E-state index contributed by atoms with van der Waals surface area (Å²) in [6.07, 6.45) is 1.62. The predicted molar refractivity (Wildman–Crippen MR) is 126 cm³/mol. The molecular formula is C23H24FN5O4S. The van der Waals surface area contributed by atoms with E-state index in [1.165, 1.54) is 31.4 Å². The van der Waals surface area contributed by atoms with Crippen molar-refractivity contribution in [1.29, 1.82) is 0 Å². The number of halogens is 1. The number of allylic oxidation sites excluding steroid dienone is 1. The van der Waals surface area contributed by atoms with Crippen molar-refractivity contribution in [3.05, 3.63) is 78.4 Å². The quantitative estimate of drug-likeness (QED) is 0.282. The van der Waals surface area contributed by atoms with Gasteiger partial charge in [-0.2, -0.15) is 0 Å². The first-order chi connectivity index (χ1) is 16.4. The number of thioether (sulfide) groups is 1. The second kappa shape index (κ2) is 12.0. The predicted octanol–water partition coefficient (Wildman–Crippen LogP) is 2.81. The number of amides is 2. The minimum Gasteiger partial charge on any atom is -0.497 e. The molecule has 2 amide bonds. The molecule has 3 rings (SSSR count). The zero-order valence-electron chi connectivity index (χ0n) is 18.4. The van der Waals surface area contributed by atoms with Gasteiger partial charge < -0.3 is 25.0 Å². The molecule has 0 aliphatic rings. The molecule has 9 nitrogen and oxygen atoms in total. The van der Waals surface area contributed by atoms with E-state index in [-0.39, 0.29) is 11.7 Å². The van der Waals surface area contributed by atoms with Crippen LogP contribution in [0.25, 0.3) is 0 Å². The molecule has 0 saturated carbocycles. The molecule has 1 atom stereocenters. The molecule has 3 N–H and O–H groups in total. The van der Waals surface area contributed by atoms with Crippen molar-refractivity contribution in [1.82, 2.24) is 20.1 Å². The molecule has 178 valence electrons. The van der Waals surface area contributed by atoms with Gasteiger partial charge in [-0.05, 0) is 48.5 Å². The van der Waals surface area contributed by atoms with E-state index in [1.54, 1.807) is 34.9 Å². The average molecular weight is 486 g/mol. The van der Waals surface area contributed by atoms with E-state index in [1.807, 2.05) is 0 Å². The van der Waals surface area contributed by atoms with Crippen LogP contribution in [-0.2, 0) is 11.3 Å². The molecular weight excluding hydrogens is 461 g/mol. The molecule has 0 aliphatic heterocycles. The number of ether oxygens (including phenoxy) is 1. The first kappa shape index (κ1) is 24.9. The zero-order chi connectivity index (χ0) is 24.5. The molecule has 1 heterocycles. The Morgan fingerprint density at radius 1 is 1.21 bits per heavy atom. The van der Waals surface area contributed by atoms with Gasteiger partial charge in [0.05, 0.1) is 19.5 Å². The topological polar surface area (TPSA) is 118 Å². The summed E-state index contributed by atoms with van der Waals surface area (Å²) in [6.45, 7) is 3.62. The molecule has 0 unspecified atom stereocenters. The lowest BCUT2D eigenvalue weighted by Gasteiger charge is -2.17. The smallest absolute Gasteiger partial charge is 0.251 e. The van der Waals surface area contributed by atoms with Gasteiger partial charge in [-0.15, -0.1) is 16.8 Å². The minimum atomic E-state index is -0.829. The highest BCUT2D eigenvalue weighted by molar-refractivity contribution is 7.99. The lowest BCUT2D eigenvalue weighted by Crippen LogP contribution is -2.33. The third-order valence-electron chi connectivity index (χ3n) is 4.67. The Bertz CT molecular complexity index is 1140. The summed E-state index contributed by atoms with van der Waals surface area (Å²) in [5.41, 5.74) is 0.864. The first-order valence-corrected chi connectivity index (χ1v) is 11.2. The Kier molecular flexibility index (Phi) is 8.77. The molecule has 0 radical (unpaired) electrons. The van der Waals surface area contributed by atoms with E-state index in [4.69, 9.17) is 4.74 Å². The number of anilines is 1. The second-order valence-electron chi connectivity index (χ2n) is 7.02. The third-order valence-corrected chi connectivity index (χ3v) is 5.64. The number of carbonyl (C=O) groups excluding carboxylic acids is 2. The molecule has 0 saturated heterocycles. The van der Waals surface area contributed by atoms with Gasteiger partial charge >= 0.3 is 0 Å². The highest BCUT2D eigenvalue weighted by Crippen LogP contribution is 2.22. The Labute approximate surface area is 200 Å². The number of carbonyl (C=O) groups is 2. The lowest BCUT2D eigenvalue weighted by molar-refractivity contribution is -0.113. The van der Waals surface area contributed by atoms with Crippen LogP contribution in [0.15, 0.2) is 66.3 Å². The van der Waals surface area contributed by atoms with Crippen LogP contribution >= 0.6 is 11.8 Å². The third kappa shape index (κ3) is 6.42. The summed E-state index contributed by atoms with van der Waals surface area (Å²) in [6, 6.07) is 11.2. The molecule has 3 aromatic rings. The van der Waals surface area contributed by atoms with Gasteiger partial charge in [0.2, 0.25) is 5.91 Å². The van der Waals surface area contributed by atoms with E-state index in [0.717, 1.165) is 11.8 Å². The fraction of sp³-hybridized carbons (Fsp3) is 0.217. The van der Waals surface area contributed by atoms with Crippen molar-refractivity contribution < 1.29 is 23.8 Å². The monoisotopic (exact) mass is 485 g/mol. The Morgan fingerprint density at radius 3 is 2.53 bits per heavy atom. The summed E-state index contributed by atoms with van der Waals surface area (Å²) in [4.78, 5) is 24.9. The second-order valence-corrected chi connectivity index (χ2v) is 7.96. The van der Waals surface area contributed by atoms with Gasteiger partial charge in [-0.3, -0.25) is 9.59 Å². The van der Waals surface area contributed by atoms with Crippen molar-refractivity contribution in [3.8, 4) is 5.75 Å². The number of rotatable bonds is 11. The fourth-order valence-electron chi connectivity index (χ4n) is 3.00. The first-order valence-electron chi connectivity index (χ1n) is 10.2. The van der Waals surface area contributed by atoms with E-state index in [0.29, 0.717) is 34.5 Å². The summed E-state index contributed by atoms with van der Waals surface area (Å²) in [5.74, 6) is -0.137. The molecule has 0 aliphatic carbocycles. The molecule has 34 heavy (non-hydrogen) atoms. The van der Waals surface area contributed by atoms with Crippen LogP contribution in [0.4, 0.5) is 10.1 Å². The van der Waals surface area contributed by atoms with Crippen LogP contribution in [-0.4, -0.2) is 51.2 Å². The van der Waals surface area contributed by atoms with E-state index < -0.39 is 24.4 Å². The van der Waals surface area contributed by atoms with Gasteiger partial charge in [-0.1, -0.05) is 17.8 Å². The van der Waals surface area contributed by atoms with Crippen molar-refractivity contribution in [3.63, 3.8) is 0 Å². The Balaban J connectivity index is 1.69. The van der Waals surface area contributed by atoms with Gasteiger partial charge in [0, 0.05) is 17.8 Å². The number of aromatic nitrogens is 3. The van der Waals surface area contributed by atoms with Gasteiger partial charge in [-0.25, -0.2) is 4.39 Å². The van der Waals surface area contributed by atoms with Crippen molar-refractivity contribution in [2.45, 2.75) is 17.7 Å². The van der Waals surface area contributed by atoms with Crippen molar-refractivity contribution in [2.75, 3.05) is 24.8 Å². The fourth-order valence-corrected chi connectivity index (χ4v) is 3.76. The van der Waals surface area contributed by atoms with Gasteiger partial charge in [0.15, 0.2) is 11.0 Å². The minimum absolute atomic E-state index is 0.0225. The molecule has 2 aromatic carbocycles. The number of nitrogens with zero attached hydrogens (tertiary/aromatic N) is 3. The van der Waals surface area contributed by atoms with Crippen LogP contribution in [0.5, 0.6) is 5.75 Å².